The third-order valence-electron chi connectivity index (χ3n) is 4.93. The molecular formula is C18H19N3O3. The van der Waals surface area contributed by atoms with Gasteiger partial charge in [-0.05, 0) is 24.8 Å². The highest BCUT2D eigenvalue weighted by molar-refractivity contribution is 5.99. The number of H-pyrrole nitrogens is 1. The summed E-state index contributed by atoms with van der Waals surface area (Å²) in [5.41, 5.74) is 2.46. The fraction of sp³-hybridized carbons (Fsp3) is 0.389. The Kier molecular flexibility index (Phi) is 3.80. The first-order valence-electron chi connectivity index (χ1n) is 8.39. The third kappa shape index (κ3) is 2.68. The first-order valence-corrected chi connectivity index (χ1v) is 8.39. The summed E-state index contributed by atoms with van der Waals surface area (Å²) < 4.78 is 6.75. The van der Waals surface area contributed by atoms with Crippen LogP contribution in [0.15, 0.2) is 33.7 Å². The van der Waals surface area contributed by atoms with Gasteiger partial charge in [-0.1, -0.05) is 36.6 Å². The van der Waals surface area contributed by atoms with Gasteiger partial charge in [0.25, 0.3) is 0 Å². The maximum Gasteiger partial charge on any atom is 0.439 e. The third-order valence-corrected chi connectivity index (χ3v) is 4.93. The maximum atomic E-state index is 11.4. The number of fused-ring (bicyclic) bond motifs is 1. The molecule has 1 aliphatic rings. The van der Waals surface area contributed by atoms with E-state index in [1.165, 1.54) is 32.1 Å². The van der Waals surface area contributed by atoms with Gasteiger partial charge in [-0.25, -0.2) is 4.79 Å². The lowest BCUT2D eigenvalue weighted by atomic mass is 9.89. The zero-order chi connectivity index (χ0) is 16.5. The Bertz CT molecular complexity index is 929. The van der Waals surface area contributed by atoms with Gasteiger partial charge in [0.15, 0.2) is 12.1 Å². The summed E-state index contributed by atoms with van der Waals surface area (Å²) in [5, 5.41) is 4.67. The van der Waals surface area contributed by atoms with Crippen LogP contribution in [0.4, 0.5) is 0 Å². The second-order valence-electron chi connectivity index (χ2n) is 6.53. The van der Waals surface area contributed by atoms with Gasteiger partial charge in [0.2, 0.25) is 0 Å². The molecular weight excluding hydrogens is 306 g/mol. The van der Waals surface area contributed by atoms with E-state index < -0.39 is 5.76 Å². The first-order chi connectivity index (χ1) is 11.7. The number of hydrogen-bond donors (Lipinski definition) is 1. The van der Waals surface area contributed by atoms with Crippen molar-refractivity contribution in [1.29, 1.82) is 0 Å². The molecule has 0 saturated heterocycles. The summed E-state index contributed by atoms with van der Waals surface area (Å²) in [7, 11) is 0. The highest BCUT2D eigenvalue weighted by atomic mass is 16.5. The summed E-state index contributed by atoms with van der Waals surface area (Å²) in [6, 6.07) is 5.70. The molecule has 2 heterocycles. The summed E-state index contributed by atoms with van der Waals surface area (Å²) in [6.07, 6.45) is 9.22. The minimum absolute atomic E-state index is 0.403. The van der Waals surface area contributed by atoms with Gasteiger partial charge in [0.1, 0.15) is 0 Å². The lowest BCUT2D eigenvalue weighted by Crippen LogP contribution is -2.13. The molecule has 6 heteroatoms. The zero-order valence-corrected chi connectivity index (χ0v) is 13.3. The first kappa shape index (κ1) is 14.9. The molecule has 0 atom stereocenters. The van der Waals surface area contributed by atoms with Crippen LogP contribution in [0.25, 0.3) is 22.3 Å². The van der Waals surface area contributed by atoms with Gasteiger partial charge in [-0.3, -0.25) is 14.3 Å². The highest BCUT2D eigenvalue weighted by Gasteiger charge is 2.17. The average Bonchev–Trinajstić information content (AvgIpc) is 3.19. The fourth-order valence-electron chi connectivity index (χ4n) is 3.71. The van der Waals surface area contributed by atoms with E-state index in [9.17, 15) is 9.59 Å². The Morgan fingerprint density at radius 1 is 1.29 bits per heavy atom. The molecule has 124 valence electrons. The molecule has 0 radical (unpaired) electrons. The number of rotatable bonds is 4. The molecule has 24 heavy (non-hydrogen) atoms. The Morgan fingerprint density at radius 2 is 2.12 bits per heavy atom. The van der Waals surface area contributed by atoms with Gasteiger partial charge in [-0.15, -0.1) is 0 Å². The van der Waals surface area contributed by atoms with Crippen LogP contribution in [0.2, 0.25) is 0 Å². The number of carbonyl (C=O) groups excluding carboxylic acids is 1. The van der Waals surface area contributed by atoms with Crippen LogP contribution >= 0.6 is 0 Å². The van der Waals surface area contributed by atoms with E-state index in [-0.39, 0.29) is 0 Å². The van der Waals surface area contributed by atoms with Crippen LogP contribution < -0.4 is 5.76 Å². The summed E-state index contributed by atoms with van der Waals surface area (Å²) >= 11 is 0. The number of aromatic nitrogens is 3. The number of nitrogens with one attached hydrogen (secondary N) is 1. The van der Waals surface area contributed by atoms with E-state index in [1.54, 1.807) is 0 Å². The van der Waals surface area contributed by atoms with E-state index in [2.05, 4.69) is 19.2 Å². The van der Waals surface area contributed by atoms with Crippen molar-refractivity contribution >= 4 is 17.2 Å². The molecule has 1 aromatic carbocycles. The molecule has 0 amide bonds. The molecule has 1 N–H and O–H groups in total. The van der Waals surface area contributed by atoms with Crippen molar-refractivity contribution in [3.63, 3.8) is 0 Å². The number of aromatic amines is 1. The molecule has 0 bridgehead atoms. The predicted molar refractivity (Wildman–Crippen MR) is 90.0 cm³/mol. The molecule has 0 aliphatic heterocycles. The molecule has 3 aromatic rings. The number of aldehydes is 1. The molecule has 0 unspecified atom stereocenters. The lowest BCUT2D eigenvalue weighted by Gasteiger charge is -2.22. The SMILES string of the molecule is O=Cc1cn(CC2CCCCC2)c2cc(-c3noc(=O)[nH]3)ccc12. The van der Waals surface area contributed by atoms with Gasteiger partial charge in [-0.2, -0.15) is 0 Å². The van der Waals surface area contributed by atoms with Crippen molar-refractivity contribution in [3.8, 4) is 11.4 Å². The van der Waals surface area contributed by atoms with Crippen molar-refractivity contribution in [1.82, 2.24) is 14.7 Å². The van der Waals surface area contributed by atoms with Crippen LogP contribution in [-0.4, -0.2) is 21.0 Å². The molecule has 1 saturated carbocycles. The number of carbonyl (C=O) groups is 1. The van der Waals surface area contributed by atoms with E-state index in [0.717, 1.165) is 29.3 Å². The van der Waals surface area contributed by atoms with Crippen LogP contribution in [0, 0.1) is 5.92 Å². The van der Waals surface area contributed by atoms with Crippen LogP contribution in [0.3, 0.4) is 0 Å². The normalized spacial score (nSPS) is 15.8. The van der Waals surface area contributed by atoms with Gasteiger partial charge >= 0.3 is 5.76 Å². The van der Waals surface area contributed by atoms with Gasteiger partial charge in [0.05, 0.1) is 0 Å². The molecule has 2 aromatic heterocycles. The quantitative estimate of drug-likeness (QED) is 0.746. The Morgan fingerprint density at radius 3 is 2.83 bits per heavy atom. The predicted octanol–water partition coefficient (Wildman–Crippen LogP) is 3.38. The van der Waals surface area contributed by atoms with E-state index in [4.69, 9.17) is 0 Å². The molecule has 6 nitrogen and oxygen atoms in total. The topological polar surface area (TPSA) is 80.9 Å². The number of nitrogens with zero attached hydrogens (tertiary/aromatic N) is 2. The lowest BCUT2D eigenvalue weighted by molar-refractivity contribution is 0.112. The van der Waals surface area contributed by atoms with Crippen molar-refractivity contribution in [2.75, 3.05) is 0 Å². The maximum absolute atomic E-state index is 11.4. The Balaban J connectivity index is 1.76. The smallest absolute Gasteiger partial charge is 0.346 e. The standard InChI is InChI=1S/C18H19N3O3/c22-11-14-10-21(9-12-4-2-1-3-5-12)16-8-13(6-7-15(14)16)17-19-18(23)24-20-17/h6-8,10-12H,1-5,9H2,(H,19,20,23). The van der Waals surface area contributed by atoms with Crippen molar-refractivity contribution in [2.24, 2.45) is 5.92 Å². The van der Waals surface area contributed by atoms with Gasteiger partial charge < -0.3 is 4.57 Å². The van der Waals surface area contributed by atoms with Crippen molar-refractivity contribution < 1.29 is 9.32 Å². The zero-order valence-electron chi connectivity index (χ0n) is 13.3. The Labute approximate surface area is 138 Å². The minimum atomic E-state index is -0.573. The van der Waals surface area contributed by atoms with Crippen LogP contribution in [0.1, 0.15) is 42.5 Å². The van der Waals surface area contributed by atoms with Crippen molar-refractivity contribution in [3.05, 3.63) is 40.5 Å². The molecule has 0 spiro atoms. The summed E-state index contributed by atoms with van der Waals surface area (Å²) in [5.74, 6) is 0.487. The average molecular weight is 325 g/mol. The largest absolute Gasteiger partial charge is 0.439 e. The highest BCUT2D eigenvalue weighted by Crippen LogP contribution is 2.29. The number of benzene rings is 1. The van der Waals surface area contributed by atoms with Gasteiger partial charge in [0, 0.05) is 34.8 Å². The van der Waals surface area contributed by atoms with E-state index >= 15 is 0 Å². The fourth-order valence-corrected chi connectivity index (χ4v) is 3.71. The van der Waals surface area contributed by atoms with Crippen molar-refractivity contribution in [2.45, 2.75) is 38.6 Å². The summed E-state index contributed by atoms with van der Waals surface area (Å²) in [4.78, 5) is 25.1. The Hall–Kier alpha value is -2.63. The minimum Gasteiger partial charge on any atom is -0.346 e. The second-order valence-corrected chi connectivity index (χ2v) is 6.53. The molecule has 1 fully saturated rings. The molecule has 4 rings (SSSR count). The van der Waals surface area contributed by atoms with Crippen LogP contribution in [-0.2, 0) is 6.54 Å². The van der Waals surface area contributed by atoms with E-state index in [0.29, 0.717) is 17.3 Å². The van der Waals surface area contributed by atoms with Crippen LogP contribution in [0.5, 0.6) is 0 Å². The van der Waals surface area contributed by atoms with E-state index in [1.807, 2.05) is 24.4 Å². The monoisotopic (exact) mass is 325 g/mol. The number of hydrogen-bond acceptors (Lipinski definition) is 4. The second kappa shape index (κ2) is 6.11. The molecule has 1 aliphatic carbocycles. The summed E-state index contributed by atoms with van der Waals surface area (Å²) in [6.45, 7) is 0.920.